The van der Waals surface area contributed by atoms with Gasteiger partial charge in [0.2, 0.25) is 5.91 Å². The zero-order chi connectivity index (χ0) is 18.5. The molecule has 0 unspecified atom stereocenters. The van der Waals surface area contributed by atoms with E-state index >= 15 is 0 Å². The van der Waals surface area contributed by atoms with Crippen LogP contribution in [0.15, 0.2) is 60.7 Å². The number of ether oxygens (including phenoxy) is 2. The van der Waals surface area contributed by atoms with Crippen molar-refractivity contribution in [1.29, 1.82) is 0 Å². The maximum absolute atomic E-state index is 12.5. The predicted molar refractivity (Wildman–Crippen MR) is 93.4 cm³/mol. The van der Waals surface area contributed by atoms with Gasteiger partial charge >= 0.3 is 6.16 Å². The van der Waals surface area contributed by atoms with Crippen LogP contribution in [0.4, 0.5) is 4.79 Å². The van der Waals surface area contributed by atoms with E-state index in [0.29, 0.717) is 5.56 Å². The molecule has 0 saturated carbocycles. The third-order valence-electron chi connectivity index (χ3n) is 4.29. The summed E-state index contributed by atoms with van der Waals surface area (Å²) in [4.78, 5) is 36.2. The second-order valence-corrected chi connectivity index (χ2v) is 6.09. The number of β-lactam (4-membered cyclic amide) rings is 1. The molecule has 1 N–H and O–H groups in total. The van der Waals surface area contributed by atoms with E-state index in [-0.39, 0.29) is 18.3 Å². The maximum atomic E-state index is 12.5. The highest BCUT2D eigenvalue weighted by molar-refractivity contribution is 6.08. The highest BCUT2D eigenvalue weighted by atomic mass is 16.7. The molecule has 6 heteroatoms. The second-order valence-electron chi connectivity index (χ2n) is 6.09. The Morgan fingerprint density at radius 1 is 1.04 bits per heavy atom. The lowest BCUT2D eigenvalue weighted by Crippen LogP contribution is -2.65. The lowest BCUT2D eigenvalue weighted by molar-refractivity contribution is -0.139. The largest absolute Gasteiger partial charge is 0.508 e. The molecule has 1 saturated heterocycles. The third kappa shape index (κ3) is 3.91. The molecule has 0 spiro atoms. The fraction of sp³-hybridized carbons (Fsp3) is 0.250. The Morgan fingerprint density at radius 3 is 2.27 bits per heavy atom. The second kappa shape index (κ2) is 7.82. The fourth-order valence-corrected chi connectivity index (χ4v) is 2.86. The molecule has 26 heavy (non-hydrogen) atoms. The van der Waals surface area contributed by atoms with Crippen molar-refractivity contribution in [3.63, 3.8) is 0 Å². The summed E-state index contributed by atoms with van der Waals surface area (Å²) in [6.45, 7) is 1.66. The Kier molecular flexibility index (Phi) is 5.31. The van der Waals surface area contributed by atoms with Crippen molar-refractivity contribution in [2.45, 2.75) is 25.7 Å². The summed E-state index contributed by atoms with van der Waals surface area (Å²) in [5, 5.41) is 2.58. The van der Waals surface area contributed by atoms with Crippen LogP contribution in [-0.2, 0) is 20.9 Å². The van der Waals surface area contributed by atoms with Gasteiger partial charge in [-0.15, -0.1) is 0 Å². The number of amides is 1. The van der Waals surface area contributed by atoms with Gasteiger partial charge in [-0.25, -0.2) is 4.79 Å². The molecule has 0 bridgehead atoms. The minimum absolute atomic E-state index is 0.0790. The molecular weight excluding hydrogens is 334 g/mol. The summed E-state index contributed by atoms with van der Waals surface area (Å²) < 4.78 is 10.2. The summed E-state index contributed by atoms with van der Waals surface area (Å²) in [5.74, 6) is -1.25. The molecule has 1 amide bonds. The van der Waals surface area contributed by atoms with E-state index in [1.54, 1.807) is 31.2 Å². The van der Waals surface area contributed by atoms with Crippen LogP contribution >= 0.6 is 0 Å². The van der Waals surface area contributed by atoms with E-state index in [4.69, 9.17) is 9.47 Å². The SMILES string of the molecule is C[C@@H](OC(=O)OCc1ccccc1)[C@H]1C(=O)N[C@@H]1C(=O)c1ccccc1. The average Bonchev–Trinajstić information content (AvgIpc) is 2.65. The van der Waals surface area contributed by atoms with E-state index in [9.17, 15) is 14.4 Å². The van der Waals surface area contributed by atoms with Crippen LogP contribution in [0.2, 0.25) is 0 Å². The van der Waals surface area contributed by atoms with E-state index in [0.717, 1.165) is 5.56 Å². The summed E-state index contributed by atoms with van der Waals surface area (Å²) in [5.41, 5.74) is 1.33. The van der Waals surface area contributed by atoms with Gasteiger partial charge in [0.1, 0.15) is 24.7 Å². The molecule has 2 aromatic rings. The molecule has 1 fully saturated rings. The van der Waals surface area contributed by atoms with Crippen LogP contribution in [0.3, 0.4) is 0 Å². The Bertz CT molecular complexity index is 790. The van der Waals surface area contributed by atoms with Crippen molar-refractivity contribution in [2.75, 3.05) is 0 Å². The van der Waals surface area contributed by atoms with Gasteiger partial charge in [0.05, 0.1) is 0 Å². The van der Waals surface area contributed by atoms with Crippen molar-refractivity contribution < 1.29 is 23.9 Å². The minimum Gasteiger partial charge on any atom is -0.430 e. The van der Waals surface area contributed by atoms with Crippen LogP contribution < -0.4 is 5.32 Å². The monoisotopic (exact) mass is 353 g/mol. The van der Waals surface area contributed by atoms with E-state index < -0.39 is 24.2 Å². The van der Waals surface area contributed by atoms with Crippen molar-refractivity contribution >= 4 is 17.8 Å². The van der Waals surface area contributed by atoms with Gasteiger partial charge in [-0.3, -0.25) is 9.59 Å². The molecule has 2 aromatic carbocycles. The maximum Gasteiger partial charge on any atom is 0.508 e. The Labute approximate surface area is 151 Å². The predicted octanol–water partition coefficient (Wildman–Crippen LogP) is 2.73. The van der Waals surface area contributed by atoms with Gasteiger partial charge in [0.15, 0.2) is 5.78 Å². The molecule has 0 aromatic heterocycles. The third-order valence-corrected chi connectivity index (χ3v) is 4.29. The zero-order valence-corrected chi connectivity index (χ0v) is 14.3. The molecular formula is C20H19NO5. The lowest BCUT2D eigenvalue weighted by atomic mass is 9.81. The van der Waals surface area contributed by atoms with Gasteiger partial charge in [0, 0.05) is 5.56 Å². The molecule has 1 aliphatic rings. The summed E-state index contributed by atoms with van der Waals surface area (Å²) >= 11 is 0. The first-order chi connectivity index (χ1) is 12.6. The van der Waals surface area contributed by atoms with Crippen LogP contribution in [-0.4, -0.2) is 30.0 Å². The minimum atomic E-state index is -0.869. The van der Waals surface area contributed by atoms with Crippen LogP contribution in [0, 0.1) is 5.92 Å². The molecule has 3 atom stereocenters. The topological polar surface area (TPSA) is 81.7 Å². The first kappa shape index (κ1) is 17.7. The quantitative estimate of drug-likeness (QED) is 0.491. The number of carbonyl (C=O) groups is 3. The molecule has 1 heterocycles. The van der Waals surface area contributed by atoms with Gasteiger partial charge in [-0.05, 0) is 12.5 Å². The van der Waals surface area contributed by atoms with Gasteiger partial charge in [0.25, 0.3) is 0 Å². The Balaban J connectivity index is 1.56. The number of Topliss-reactive ketones (excluding diaryl/α,β-unsaturated/α-hetero) is 1. The fourth-order valence-electron chi connectivity index (χ4n) is 2.86. The number of rotatable bonds is 6. The zero-order valence-electron chi connectivity index (χ0n) is 14.3. The van der Waals surface area contributed by atoms with Gasteiger partial charge < -0.3 is 14.8 Å². The molecule has 1 aliphatic heterocycles. The number of benzene rings is 2. The van der Waals surface area contributed by atoms with Crippen molar-refractivity contribution in [3.8, 4) is 0 Å². The Hall–Kier alpha value is -3.15. The van der Waals surface area contributed by atoms with E-state index in [1.165, 1.54) is 0 Å². The number of ketones is 1. The summed E-state index contributed by atoms with van der Waals surface area (Å²) in [7, 11) is 0. The highest BCUT2D eigenvalue weighted by Gasteiger charge is 2.48. The first-order valence-electron chi connectivity index (χ1n) is 8.33. The number of nitrogens with one attached hydrogen (secondary N) is 1. The smallest absolute Gasteiger partial charge is 0.430 e. The number of hydrogen-bond donors (Lipinski definition) is 1. The standard InChI is InChI=1S/C20H19NO5/c1-13(26-20(24)25-12-14-8-4-2-5-9-14)16-17(21-19(16)23)18(22)15-10-6-3-7-11-15/h2-11,13,16-17H,12H2,1H3,(H,21,23)/t13-,16-,17+/m1/s1. The highest BCUT2D eigenvalue weighted by Crippen LogP contribution is 2.25. The molecule has 6 nitrogen and oxygen atoms in total. The van der Waals surface area contributed by atoms with E-state index in [2.05, 4.69) is 5.32 Å². The molecule has 134 valence electrons. The molecule has 3 rings (SSSR count). The molecule has 0 radical (unpaired) electrons. The van der Waals surface area contributed by atoms with Crippen LogP contribution in [0.5, 0.6) is 0 Å². The van der Waals surface area contributed by atoms with Crippen molar-refractivity contribution in [1.82, 2.24) is 5.32 Å². The lowest BCUT2D eigenvalue weighted by Gasteiger charge is -2.38. The van der Waals surface area contributed by atoms with Gasteiger partial charge in [-0.1, -0.05) is 60.7 Å². The van der Waals surface area contributed by atoms with Crippen molar-refractivity contribution in [3.05, 3.63) is 71.8 Å². The Morgan fingerprint density at radius 2 is 1.65 bits per heavy atom. The summed E-state index contributed by atoms with van der Waals surface area (Å²) in [6.07, 6.45) is -1.64. The number of hydrogen-bond acceptors (Lipinski definition) is 5. The number of carbonyl (C=O) groups excluding carboxylic acids is 3. The molecule has 0 aliphatic carbocycles. The van der Waals surface area contributed by atoms with Gasteiger partial charge in [-0.2, -0.15) is 0 Å². The van der Waals surface area contributed by atoms with E-state index in [1.807, 2.05) is 36.4 Å². The van der Waals surface area contributed by atoms with Crippen molar-refractivity contribution in [2.24, 2.45) is 5.92 Å². The normalized spacial score (nSPS) is 19.7. The van der Waals surface area contributed by atoms with Crippen LogP contribution in [0.1, 0.15) is 22.8 Å². The first-order valence-corrected chi connectivity index (χ1v) is 8.33. The summed E-state index contributed by atoms with van der Waals surface area (Å²) in [6, 6.07) is 17.2. The average molecular weight is 353 g/mol. The van der Waals surface area contributed by atoms with Crippen LogP contribution in [0.25, 0.3) is 0 Å².